The van der Waals surface area contributed by atoms with Gasteiger partial charge in [-0.05, 0) is 17.7 Å². The van der Waals surface area contributed by atoms with Gasteiger partial charge in [0.2, 0.25) is 11.7 Å². The minimum absolute atomic E-state index is 0.421. The SMILES string of the molecule is COc1cc(Nc2nccc(Nc3ccccc3CN)n2)cc(OC)c1OC. The summed E-state index contributed by atoms with van der Waals surface area (Å²) < 4.78 is 16.1. The third-order valence-corrected chi connectivity index (χ3v) is 4.08. The largest absolute Gasteiger partial charge is 0.493 e. The first-order valence-electron chi connectivity index (χ1n) is 8.63. The van der Waals surface area contributed by atoms with E-state index in [2.05, 4.69) is 20.6 Å². The average Bonchev–Trinajstić information content (AvgIpc) is 2.73. The van der Waals surface area contributed by atoms with E-state index < -0.39 is 0 Å². The second kappa shape index (κ2) is 8.92. The molecule has 0 amide bonds. The zero-order chi connectivity index (χ0) is 19.9. The fourth-order valence-electron chi connectivity index (χ4n) is 2.73. The number of ether oxygens (including phenoxy) is 3. The lowest BCUT2D eigenvalue weighted by Crippen LogP contribution is -2.04. The molecule has 0 atom stereocenters. The third-order valence-electron chi connectivity index (χ3n) is 4.08. The van der Waals surface area contributed by atoms with E-state index in [0.717, 1.165) is 11.3 Å². The Hall–Kier alpha value is -3.52. The van der Waals surface area contributed by atoms with Crippen LogP contribution in [0.5, 0.6) is 17.2 Å². The lowest BCUT2D eigenvalue weighted by Gasteiger charge is -2.15. The number of hydrogen-bond acceptors (Lipinski definition) is 8. The van der Waals surface area contributed by atoms with Crippen LogP contribution in [0.15, 0.2) is 48.7 Å². The quantitative estimate of drug-likeness (QED) is 0.545. The zero-order valence-corrected chi connectivity index (χ0v) is 16.0. The molecule has 3 rings (SSSR count). The smallest absolute Gasteiger partial charge is 0.229 e. The number of methoxy groups -OCH3 is 3. The first-order chi connectivity index (χ1) is 13.7. The molecule has 2 aromatic carbocycles. The molecule has 3 aromatic rings. The Morgan fingerprint density at radius 3 is 2.29 bits per heavy atom. The summed E-state index contributed by atoms with van der Waals surface area (Å²) in [5.74, 6) is 2.66. The summed E-state index contributed by atoms with van der Waals surface area (Å²) in [5, 5.41) is 6.43. The van der Waals surface area contributed by atoms with Gasteiger partial charge in [-0.2, -0.15) is 4.98 Å². The van der Waals surface area contributed by atoms with Crippen molar-refractivity contribution in [3.8, 4) is 17.2 Å². The van der Waals surface area contributed by atoms with Gasteiger partial charge in [0, 0.05) is 36.2 Å². The molecule has 0 saturated heterocycles. The predicted octanol–water partition coefficient (Wildman–Crippen LogP) is 3.45. The van der Waals surface area contributed by atoms with Gasteiger partial charge in [0.25, 0.3) is 0 Å². The molecule has 0 bridgehead atoms. The van der Waals surface area contributed by atoms with E-state index in [-0.39, 0.29) is 0 Å². The number of rotatable bonds is 8. The van der Waals surface area contributed by atoms with Gasteiger partial charge in [-0.25, -0.2) is 4.98 Å². The molecule has 0 unspecified atom stereocenters. The van der Waals surface area contributed by atoms with Crippen LogP contribution in [0, 0.1) is 0 Å². The number of nitrogens with two attached hydrogens (primary N) is 1. The predicted molar refractivity (Wildman–Crippen MR) is 109 cm³/mol. The van der Waals surface area contributed by atoms with E-state index in [1.165, 1.54) is 0 Å². The van der Waals surface area contributed by atoms with Gasteiger partial charge in [-0.1, -0.05) is 18.2 Å². The number of nitrogens with zero attached hydrogens (tertiary/aromatic N) is 2. The van der Waals surface area contributed by atoms with Crippen LogP contribution in [0.25, 0.3) is 0 Å². The van der Waals surface area contributed by atoms with Crippen LogP contribution in [0.3, 0.4) is 0 Å². The number of anilines is 4. The maximum Gasteiger partial charge on any atom is 0.229 e. The number of aromatic nitrogens is 2. The minimum Gasteiger partial charge on any atom is -0.493 e. The van der Waals surface area contributed by atoms with E-state index in [0.29, 0.717) is 41.2 Å². The highest BCUT2D eigenvalue weighted by Crippen LogP contribution is 2.40. The molecule has 8 nitrogen and oxygen atoms in total. The van der Waals surface area contributed by atoms with Gasteiger partial charge in [-0.3, -0.25) is 0 Å². The monoisotopic (exact) mass is 381 g/mol. The molecule has 0 spiro atoms. The topological polar surface area (TPSA) is 104 Å². The molecule has 4 N–H and O–H groups in total. The maximum atomic E-state index is 5.80. The lowest BCUT2D eigenvalue weighted by atomic mass is 10.2. The number of nitrogens with one attached hydrogen (secondary N) is 2. The van der Waals surface area contributed by atoms with Crippen LogP contribution < -0.4 is 30.6 Å². The molecule has 0 aliphatic heterocycles. The molecule has 1 heterocycles. The van der Waals surface area contributed by atoms with Crippen molar-refractivity contribution < 1.29 is 14.2 Å². The fourth-order valence-corrected chi connectivity index (χ4v) is 2.73. The van der Waals surface area contributed by atoms with Gasteiger partial charge < -0.3 is 30.6 Å². The van der Waals surface area contributed by atoms with Gasteiger partial charge in [-0.15, -0.1) is 0 Å². The van der Waals surface area contributed by atoms with Gasteiger partial charge in [0.05, 0.1) is 21.3 Å². The van der Waals surface area contributed by atoms with E-state index in [9.17, 15) is 0 Å². The molecule has 8 heteroatoms. The molecule has 28 heavy (non-hydrogen) atoms. The summed E-state index contributed by atoms with van der Waals surface area (Å²) in [6.07, 6.45) is 1.67. The van der Waals surface area contributed by atoms with Crippen molar-refractivity contribution in [2.75, 3.05) is 32.0 Å². The Morgan fingerprint density at radius 1 is 0.929 bits per heavy atom. The molecule has 146 valence electrons. The second-order valence-corrected chi connectivity index (χ2v) is 5.79. The fraction of sp³-hybridized carbons (Fsp3) is 0.200. The van der Waals surface area contributed by atoms with Crippen LogP contribution in [0.4, 0.5) is 23.1 Å². The van der Waals surface area contributed by atoms with E-state index in [1.807, 2.05) is 24.3 Å². The molecule has 1 aromatic heterocycles. The van der Waals surface area contributed by atoms with Gasteiger partial charge >= 0.3 is 0 Å². The normalized spacial score (nSPS) is 10.3. The second-order valence-electron chi connectivity index (χ2n) is 5.79. The van der Waals surface area contributed by atoms with Crippen LogP contribution in [-0.2, 0) is 6.54 Å². The third kappa shape index (κ3) is 4.24. The zero-order valence-electron chi connectivity index (χ0n) is 16.0. The lowest BCUT2D eigenvalue weighted by molar-refractivity contribution is 0.324. The maximum absolute atomic E-state index is 5.80. The minimum atomic E-state index is 0.421. The molecular formula is C20H23N5O3. The molecule has 0 saturated carbocycles. The van der Waals surface area contributed by atoms with Crippen molar-refractivity contribution in [1.82, 2.24) is 9.97 Å². The van der Waals surface area contributed by atoms with Crippen molar-refractivity contribution in [3.63, 3.8) is 0 Å². The molecular weight excluding hydrogens is 358 g/mol. The van der Waals surface area contributed by atoms with E-state index >= 15 is 0 Å². The Labute approximate surface area is 163 Å². The Bertz CT molecular complexity index is 924. The first kappa shape index (κ1) is 19.2. The summed E-state index contributed by atoms with van der Waals surface area (Å²) in [7, 11) is 4.69. The summed E-state index contributed by atoms with van der Waals surface area (Å²) in [6, 6.07) is 13.2. The van der Waals surface area contributed by atoms with Crippen molar-refractivity contribution in [2.45, 2.75) is 6.54 Å². The Morgan fingerprint density at radius 2 is 1.64 bits per heavy atom. The van der Waals surface area contributed by atoms with Crippen molar-refractivity contribution in [3.05, 3.63) is 54.2 Å². The summed E-state index contributed by atoms with van der Waals surface area (Å²) >= 11 is 0. The summed E-state index contributed by atoms with van der Waals surface area (Å²) in [6.45, 7) is 0.435. The van der Waals surface area contributed by atoms with Crippen LogP contribution >= 0.6 is 0 Å². The van der Waals surface area contributed by atoms with Crippen LogP contribution in [-0.4, -0.2) is 31.3 Å². The van der Waals surface area contributed by atoms with Crippen LogP contribution in [0.1, 0.15) is 5.56 Å². The molecule has 0 fully saturated rings. The van der Waals surface area contributed by atoms with Gasteiger partial charge in [0.1, 0.15) is 5.82 Å². The highest BCUT2D eigenvalue weighted by molar-refractivity contribution is 5.67. The summed E-state index contributed by atoms with van der Waals surface area (Å²) in [5.41, 5.74) is 8.40. The standard InChI is InChI=1S/C20H23N5O3/c1-26-16-10-14(11-17(27-2)19(16)28-3)23-20-22-9-8-18(25-20)24-15-7-5-4-6-13(15)12-21/h4-11H,12,21H2,1-3H3,(H2,22,23,24,25). The van der Waals surface area contributed by atoms with Crippen molar-refractivity contribution in [1.29, 1.82) is 0 Å². The van der Waals surface area contributed by atoms with Gasteiger partial charge in [0.15, 0.2) is 11.5 Å². The van der Waals surface area contributed by atoms with Crippen molar-refractivity contribution in [2.24, 2.45) is 5.73 Å². The molecule has 0 aliphatic rings. The Kier molecular flexibility index (Phi) is 6.13. The van der Waals surface area contributed by atoms with Crippen molar-refractivity contribution >= 4 is 23.1 Å². The van der Waals surface area contributed by atoms with E-state index in [1.54, 1.807) is 45.7 Å². The molecule has 0 aliphatic carbocycles. The summed E-state index contributed by atoms with van der Waals surface area (Å²) in [4.78, 5) is 8.78. The molecule has 0 radical (unpaired) electrons. The first-order valence-corrected chi connectivity index (χ1v) is 8.63. The van der Waals surface area contributed by atoms with E-state index in [4.69, 9.17) is 19.9 Å². The Balaban J connectivity index is 1.85. The average molecular weight is 381 g/mol. The number of benzene rings is 2. The number of hydrogen-bond donors (Lipinski definition) is 3. The highest BCUT2D eigenvalue weighted by Gasteiger charge is 2.14. The highest BCUT2D eigenvalue weighted by atomic mass is 16.5. The number of para-hydroxylation sites is 1. The van der Waals surface area contributed by atoms with Crippen LogP contribution in [0.2, 0.25) is 0 Å².